The lowest BCUT2D eigenvalue weighted by atomic mass is 10.1. The van der Waals surface area contributed by atoms with Gasteiger partial charge in [0.2, 0.25) is 5.91 Å². The van der Waals surface area contributed by atoms with Gasteiger partial charge in [-0.15, -0.1) is 0 Å². The Kier molecular flexibility index (Phi) is 2.94. The summed E-state index contributed by atoms with van der Waals surface area (Å²) in [5.74, 6) is 0.0659. The number of amides is 1. The SMILES string of the molecule is O=C1NCCN[C@H]1Cc1ccc2ccccc2n1. The minimum absolute atomic E-state index is 0.0659. The molecule has 1 aliphatic rings. The number of carbonyl (C=O) groups is 1. The Morgan fingerprint density at radius 1 is 1.17 bits per heavy atom. The first-order valence-electron chi connectivity index (χ1n) is 6.19. The number of nitrogens with one attached hydrogen (secondary N) is 2. The molecule has 0 aliphatic carbocycles. The molecule has 1 aromatic heterocycles. The van der Waals surface area contributed by atoms with Crippen LogP contribution in [-0.2, 0) is 11.2 Å². The lowest BCUT2D eigenvalue weighted by Crippen LogP contribution is -2.53. The molecule has 92 valence electrons. The number of rotatable bonds is 2. The Hall–Kier alpha value is -1.94. The molecule has 1 saturated heterocycles. The number of para-hydroxylation sites is 1. The molecule has 0 spiro atoms. The Morgan fingerprint density at radius 2 is 2.06 bits per heavy atom. The summed E-state index contributed by atoms with van der Waals surface area (Å²) in [5, 5.41) is 7.20. The van der Waals surface area contributed by atoms with Crippen molar-refractivity contribution in [1.82, 2.24) is 15.6 Å². The van der Waals surface area contributed by atoms with Gasteiger partial charge in [0, 0.05) is 30.6 Å². The van der Waals surface area contributed by atoms with E-state index in [2.05, 4.69) is 21.7 Å². The van der Waals surface area contributed by atoms with Crippen molar-refractivity contribution < 1.29 is 4.79 Å². The molecule has 3 rings (SSSR count). The number of fused-ring (bicyclic) bond motifs is 1. The van der Waals surface area contributed by atoms with E-state index in [0.29, 0.717) is 13.0 Å². The minimum Gasteiger partial charge on any atom is -0.353 e. The van der Waals surface area contributed by atoms with E-state index in [9.17, 15) is 4.79 Å². The van der Waals surface area contributed by atoms with Gasteiger partial charge in [0.15, 0.2) is 0 Å². The molecule has 0 unspecified atom stereocenters. The molecule has 2 aromatic rings. The van der Waals surface area contributed by atoms with E-state index in [0.717, 1.165) is 23.1 Å². The van der Waals surface area contributed by atoms with Crippen molar-refractivity contribution in [2.24, 2.45) is 0 Å². The van der Waals surface area contributed by atoms with Gasteiger partial charge in [-0.2, -0.15) is 0 Å². The number of aromatic nitrogens is 1. The number of nitrogens with zero attached hydrogens (tertiary/aromatic N) is 1. The summed E-state index contributed by atoms with van der Waals surface area (Å²) < 4.78 is 0. The van der Waals surface area contributed by atoms with Gasteiger partial charge in [-0.1, -0.05) is 24.3 Å². The maximum absolute atomic E-state index is 11.7. The molecule has 0 bridgehead atoms. The van der Waals surface area contributed by atoms with Gasteiger partial charge in [-0.3, -0.25) is 9.78 Å². The van der Waals surface area contributed by atoms with Crippen LogP contribution in [0.3, 0.4) is 0 Å². The monoisotopic (exact) mass is 241 g/mol. The summed E-state index contributed by atoms with van der Waals surface area (Å²) in [7, 11) is 0. The normalized spacial score (nSPS) is 19.8. The van der Waals surface area contributed by atoms with Crippen LogP contribution < -0.4 is 10.6 Å². The molecule has 1 atom stereocenters. The van der Waals surface area contributed by atoms with E-state index in [4.69, 9.17) is 0 Å². The third-order valence-corrected chi connectivity index (χ3v) is 3.20. The molecule has 0 radical (unpaired) electrons. The summed E-state index contributed by atoms with van der Waals surface area (Å²) in [6.07, 6.45) is 0.636. The fraction of sp³-hybridized carbons (Fsp3) is 0.286. The van der Waals surface area contributed by atoms with Crippen molar-refractivity contribution in [3.8, 4) is 0 Å². The first-order chi connectivity index (χ1) is 8.83. The van der Waals surface area contributed by atoms with Gasteiger partial charge < -0.3 is 10.6 Å². The molecule has 4 nitrogen and oxygen atoms in total. The molecular weight excluding hydrogens is 226 g/mol. The van der Waals surface area contributed by atoms with E-state index in [1.165, 1.54) is 0 Å². The Labute approximate surface area is 105 Å². The highest BCUT2D eigenvalue weighted by molar-refractivity contribution is 5.83. The second kappa shape index (κ2) is 4.74. The molecule has 1 aromatic carbocycles. The van der Waals surface area contributed by atoms with Crippen LogP contribution >= 0.6 is 0 Å². The third kappa shape index (κ3) is 2.19. The molecule has 1 fully saturated rings. The number of piperazine rings is 1. The van der Waals surface area contributed by atoms with E-state index < -0.39 is 0 Å². The van der Waals surface area contributed by atoms with Crippen molar-refractivity contribution in [2.75, 3.05) is 13.1 Å². The van der Waals surface area contributed by atoms with Crippen molar-refractivity contribution in [2.45, 2.75) is 12.5 Å². The number of hydrogen-bond donors (Lipinski definition) is 2. The maximum atomic E-state index is 11.7. The van der Waals surface area contributed by atoms with Crippen LogP contribution in [-0.4, -0.2) is 30.0 Å². The van der Waals surface area contributed by atoms with E-state index in [-0.39, 0.29) is 11.9 Å². The molecule has 2 heterocycles. The summed E-state index contributed by atoms with van der Waals surface area (Å²) in [6, 6.07) is 11.9. The zero-order valence-corrected chi connectivity index (χ0v) is 10.0. The zero-order chi connectivity index (χ0) is 12.4. The number of benzene rings is 1. The Morgan fingerprint density at radius 3 is 2.94 bits per heavy atom. The summed E-state index contributed by atoms with van der Waals surface area (Å²) in [4.78, 5) is 16.2. The van der Waals surface area contributed by atoms with Crippen LogP contribution in [0.5, 0.6) is 0 Å². The second-order valence-corrected chi connectivity index (χ2v) is 4.50. The third-order valence-electron chi connectivity index (χ3n) is 3.20. The number of hydrogen-bond acceptors (Lipinski definition) is 3. The van der Waals surface area contributed by atoms with Crippen LogP contribution in [0.4, 0.5) is 0 Å². The molecule has 1 amide bonds. The van der Waals surface area contributed by atoms with Crippen molar-refractivity contribution in [1.29, 1.82) is 0 Å². The number of carbonyl (C=O) groups excluding carboxylic acids is 1. The highest BCUT2D eigenvalue weighted by Gasteiger charge is 2.21. The van der Waals surface area contributed by atoms with Crippen LogP contribution in [0.1, 0.15) is 5.69 Å². The van der Waals surface area contributed by atoms with Crippen LogP contribution in [0.15, 0.2) is 36.4 Å². The first-order valence-corrected chi connectivity index (χ1v) is 6.19. The molecule has 2 N–H and O–H groups in total. The highest BCUT2D eigenvalue weighted by Crippen LogP contribution is 2.13. The second-order valence-electron chi connectivity index (χ2n) is 4.50. The standard InChI is InChI=1S/C14H15N3O/c18-14-13(15-7-8-16-14)9-11-6-5-10-3-1-2-4-12(10)17-11/h1-6,13,15H,7-9H2,(H,16,18)/t13-/m0/s1. The largest absolute Gasteiger partial charge is 0.353 e. The topological polar surface area (TPSA) is 54.0 Å². The summed E-state index contributed by atoms with van der Waals surface area (Å²) in [5.41, 5.74) is 1.93. The van der Waals surface area contributed by atoms with Gasteiger partial charge in [-0.25, -0.2) is 0 Å². The average Bonchev–Trinajstić information content (AvgIpc) is 2.41. The summed E-state index contributed by atoms with van der Waals surface area (Å²) >= 11 is 0. The lowest BCUT2D eigenvalue weighted by molar-refractivity contribution is -0.124. The van der Waals surface area contributed by atoms with Crippen LogP contribution in [0.25, 0.3) is 10.9 Å². The van der Waals surface area contributed by atoms with Crippen LogP contribution in [0.2, 0.25) is 0 Å². The van der Waals surface area contributed by atoms with Gasteiger partial charge in [0.1, 0.15) is 0 Å². The van der Waals surface area contributed by atoms with Crippen molar-refractivity contribution in [3.63, 3.8) is 0 Å². The molecule has 1 aliphatic heterocycles. The number of pyridine rings is 1. The zero-order valence-electron chi connectivity index (χ0n) is 10.0. The average molecular weight is 241 g/mol. The maximum Gasteiger partial charge on any atom is 0.237 e. The fourth-order valence-electron chi connectivity index (χ4n) is 2.24. The molecule has 4 heteroatoms. The quantitative estimate of drug-likeness (QED) is 0.820. The van der Waals surface area contributed by atoms with Crippen molar-refractivity contribution in [3.05, 3.63) is 42.1 Å². The van der Waals surface area contributed by atoms with Crippen molar-refractivity contribution >= 4 is 16.8 Å². The molecule has 18 heavy (non-hydrogen) atoms. The fourth-order valence-corrected chi connectivity index (χ4v) is 2.24. The van der Waals surface area contributed by atoms with E-state index in [1.54, 1.807) is 0 Å². The van der Waals surface area contributed by atoms with Gasteiger partial charge >= 0.3 is 0 Å². The Balaban J connectivity index is 1.83. The van der Waals surface area contributed by atoms with Gasteiger partial charge in [0.05, 0.1) is 11.6 Å². The van der Waals surface area contributed by atoms with Gasteiger partial charge in [-0.05, 0) is 12.1 Å². The van der Waals surface area contributed by atoms with Gasteiger partial charge in [0.25, 0.3) is 0 Å². The van der Waals surface area contributed by atoms with E-state index in [1.807, 2.05) is 30.3 Å². The van der Waals surface area contributed by atoms with E-state index >= 15 is 0 Å². The highest BCUT2D eigenvalue weighted by atomic mass is 16.2. The summed E-state index contributed by atoms with van der Waals surface area (Å²) in [6.45, 7) is 1.53. The minimum atomic E-state index is -0.160. The predicted molar refractivity (Wildman–Crippen MR) is 70.2 cm³/mol. The first kappa shape index (κ1) is 11.2. The molecule has 0 saturated carbocycles. The molecular formula is C14H15N3O. The smallest absolute Gasteiger partial charge is 0.237 e. The van der Waals surface area contributed by atoms with Crippen LogP contribution in [0, 0.1) is 0 Å². The Bertz CT molecular complexity index is 582. The lowest BCUT2D eigenvalue weighted by Gasteiger charge is -2.23. The predicted octanol–water partition coefficient (Wildman–Crippen LogP) is 0.865.